The average Bonchev–Trinajstić information content (AvgIpc) is 2.39. The molecule has 1 N–H and O–H groups in total. The molecule has 118 valence electrons. The molecule has 0 radical (unpaired) electrons. The van der Waals surface area contributed by atoms with Gasteiger partial charge < -0.3 is 4.74 Å². The minimum atomic E-state index is -4.01. The number of thioether (sulfide) groups is 1. The number of nitrogens with zero attached hydrogens (tertiary/aromatic N) is 1. The second-order valence-electron chi connectivity index (χ2n) is 4.99. The molecule has 0 fully saturated rings. The normalized spacial score (nSPS) is 12.0. The molecule has 8 heteroatoms. The number of aromatic nitrogens is 1. The molecule has 0 aliphatic rings. The summed E-state index contributed by atoms with van der Waals surface area (Å²) in [5.74, 6) is -0.0502. The Labute approximate surface area is 129 Å². The maximum atomic E-state index is 12.3. The van der Waals surface area contributed by atoms with E-state index >= 15 is 0 Å². The van der Waals surface area contributed by atoms with Crippen LogP contribution in [-0.4, -0.2) is 37.9 Å². The fourth-order valence-electron chi connectivity index (χ4n) is 1.57. The van der Waals surface area contributed by atoms with Crippen LogP contribution in [0, 0.1) is 5.41 Å². The Morgan fingerprint density at radius 1 is 1.48 bits per heavy atom. The van der Waals surface area contributed by atoms with Crippen LogP contribution in [0.25, 0.3) is 0 Å². The van der Waals surface area contributed by atoms with Crippen molar-refractivity contribution < 1.29 is 17.9 Å². The molecule has 6 nitrogen and oxygen atoms in total. The van der Waals surface area contributed by atoms with Crippen molar-refractivity contribution in [2.75, 3.05) is 18.6 Å². The van der Waals surface area contributed by atoms with Gasteiger partial charge in [-0.15, -0.1) is 0 Å². The summed E-state index contributed by atoms with van der Waals surface area (Å²) >= 11 is 1.48. The molecule has 21 heavy (non-hydrogen) atoms. The summed E-state index contributed by atoms with van der Waals surface area (Å²) < 4.78 is 31.9. The lowest BCUT2D eigenvalue weighted by Gasteiger charge is -2.22. The van der Waals surface area contributed by atoms with E-state index < -0.39 is 21.3 Å². The van der Waals surface area contributed by atoms with E-state index in [0.29, 0.717) is 5.75 Å². The highest BCUT2D eigenvalue weighted by Gasteiger charge is 2.32. The number of rotatable bonds is 7. The van der Waals surface area contributed by atoms with Crippen molar-refractivity contribution in [1.82, 2.24) is 9.71 Å². The van der Waals surface area contributed by atoms with Crippen LogP contribution in [0.15, 0.2) is 23.2 Å². The highest BCUT2D eigenvalue weighted by molar-refractivity contribution is 7.98. The Bertz CT molecular complexity index is 600. The van der Waals surface area contributed by atoms with Crippen LogP contribution in [0.5, 0.6) is 5.88 Å². The topological polar surface area (TPSA) is 85.4 Å². The van der Waals surface area contributed by atoms with Gasteiger partial charge in [0.15, 0.2) is 0 Å². The van der Waals surface area contributed by atoms with Gasteiger partial charge in [0.1, 0.15) is 4.90 Å². The second kappa shape index (κ2) is 7.13. The number of amides is 1. The molecule has 0 spiro atoms. The molecule has 1 aromatic heterocycles. The van der Waals surface area contributed by atoms with Crippen LogP contribution < -0.4 is 9.46 Å². The number of carbonyl (C=O) groups excluding carboxylic acids is 1. The molecule has 0 unspecified atom stereocenters. The summed E-state index contributed by atoms with van der Waals surface area (Å²) in [6.07, 6.45) is 3.29. The highest BCUT2D eigenvalue weighted by atomic mass is 32.2. The third-order valence-corrected chi connectivity index (χ3v) is 5.01. The first kappa shape index (κ1) is 17.8. The minimum absolute atomic E-state index is 0.0111. The predicted molar refractivity (Wildman–Crippen MR) is 82.9 cm³/mol. The third kappa shape index (κ3) is 4.60. The van der Waals surface area contributed by atoms with Crippen molar-refractivity contribution in [1.29, 1.82) is 0 Å². The molecule has 0 saturated heterocycles. The zero-order valence-electron chi connectivity index (χ0n) is 12.5. The number of nitrogens with one attached hydrogen (secondary N) is 1. The zero-order valence-corrected chi connectivity index (χ0v) is 14.2. The van der Waals surface area contributed by atoms with Crippen LogP contribution >= 0.6 is 11.8 Å². The molecule has 0 bridgehead atoms. The van der Waals surface area contributed by atoms with Crippen LogP contribution in [0.4, 0.5) is 0 Å². The van der Waals surface area contributed by atoms with E-state index in [0.717, 1.165) is 0 Å². The van der Waals surface area contributed by atoms with Crippen molar-refractivity contribution in [3.63, 3.8) is 0 Å². The van der Waals surface area contributed by atoms with Gasteiger partial charge in [-0.3, -0.25) is 4.79 Å². The molecular formula is C13H20N2O4S2. The summed E-state index contributed by atoms with van der Waals surface area (Å²) in [4.78, 5) is 15.9. The quantitative estimate of drug-likeness (QED) is 0.817. The van der Waals surface area contributed by atoms with Gasteiger partial charge in [0.05, 0.1) is 12.0 Å². The van der Waals surface area contributed by atoms with Gasteiger partial charge in [-0.1, -0.05) is 13.8 Å². The monoisotopic (exact) mass is 332 g/mol. The molecule has 1 rings (SSSR count). The van der Waals surface area contributed by atoms with E-state index in [1.807, 2.05) is 6.26 Å². The summed E-state index contributed by atoms with van der Waals surface area (Å²) in [5, 5.41) is 0. The number of pyridine rings is 1. The standard InChI is InChI=1S/C13H20N2O4S2/c1-5-19-11-10(7-6-8-14-11)21(17,18)15-12(16)13(2,3)9-20-4/h6-8H,5,9H2,1-4H3,(H,15,16). The first-order chi connectivity index (χ1) is 9.74. The SMILES string of the molecule is CCOc1ncccc1S(=O)(=O)NC(=O)C(C)(C)CSC. The van der Waals surface area contributed by atoms with Gasteiger partial charge in [0.2, 0.25) is 11.8 Å². The summed E-state index contributed by atoms with van der Waals surface area (Å²) in [6, 6.07) is 2.84. The molecule has 0 aliphatic heterocycles. The van der Waals surface area contributed by atoms with E-state index in [1.165, 1.54) is 30.1 Å². The Morgan fingerprint density at radius 2 is 2.14 bits per heavy atom. The van der Waals surface area contributed by atoms with E-state index in [4.69, 9.17) is 4.74 Å². The van der Waals surface area contributed by atoms with Gasteiger partial charge in [-0.05, 0) is 25.3 Å². The fourth-order valence-corrected chi connectivity index (χ4v) is 3.65. The molecular weight excluding hydrogens is 312 g/mol. The lowest BCUT2D eigenvalue weighted by molar-refractivity contribution is -0.126. The third-order valence-electron chi connectivity index (χ3n) is 2.65. The van der Waals surface area contributed by atoms with Crippen molar-refractivity contribution in [2.45, 2.75) is 25.7 Å². The Hall–Kier alpha value is -1.28. The Morgan fingerprint density at radius 3 is 2.71 bits per heavy atom. The molecule has 0 aromatic carbocycles. The minimum Gasteiger partial charge on any atom is -0.477 e. The molecule has 0 saturated carbocycles. The molecule has 0 aliphatic carbocycles. The van der Waals surface area contributed by atoms with Crippen molar-refractivity contribution >= 4 is 27.7 Å². The summed E-state index contributed by atoms with van der Waals surface area (Å²) in [5.41, 5.74) is -0.791. The fraction of sp³-hybridized carbons (Fsp3) is 0.538. The van der Waals surface area contributed by atoms with E-state index in [-0.39, 0.29) is 17.4 Å². The highest BCUT2D eigenvalue weighted by Crippen LogP contribution is 2.24. The Balaban J connectivity index is 3.05. The van der Waals surface area contributed by atoms with Gasteiger partial charge in [0, 0.05) is 11.9 Å². The number of hydrogen-bond donors (Lipinski definition) is 1. The van der Waals surface area contributed by atoms with E-state index in [2.05, 4.69) is 9.71 Å². The number of sulfonamides is 1. The molecule has 1 heterocycles. The average molecular weight is 332 g/mol. The largest absolute Gasteiger partial charge is 0.477 e. The zero-order chi connectivity index (χ0) is 16.1. The lowest BCUT2D eigenvalue weighted by Crippen LogP contribution is -2.41. The summed E-state index contributed by atoms with van der Waals surface area (Å²) in [6.45, 7) is 5.40. The van der Waals surface area contributed by atoms with Crippen LogP contribution in [0.1, 0.15) is 20.8 Å². The van der Waals surface area contributed by atoms with E-state index in [9.17, 15) is 13.2 Å². The van der Waals surface area contributed by atoms with Crippen molar-refractivity contribution in [2.24, 2.45) is 5.41 Å². The Kier molecular flexibility index (Phi) is 6.03. The van der Waals surface area contributed by atoms with Crippen molar-refractivity contribution in [3.8, 4) is 5.88 Å². The maximum Gasteiger partial charge on any atom is 0.269 e. The van der Waals surface area contributed by atoms with Gasteiger partial charge in [0.25, 0.3) is 10.0 Å². The number of hydrogen-bond acceptors (Lipinski definition) is 6. The van der Waals surface area contributed by atoms with E-state index in [1.54, 1.807) is 20.8 Å². The van der Waals surface area contributed by atoms with Gasteiger partial charge in [-0.2, -0.15) is 11.8 Å². The first-order valence-electron chi connectivity index (χ1n) is 6.38. The second-order valence-corrected chi connectivity index (χ2v) is 7.51. The van der Waals surface area contributed by atoms with Crippen molar-refractivity contribution in [3.05, 3.63) is 18.3 Å². The predicted octanol–water partition coefficient (Wildman–Crippen LogP) is 1.67. The molecule has 1 aromatic rings. The first-order valence-corrected chi connectivity index (χ1v) is 9.26. The van der Waals surface area contributed by atoms with Crippen LogP contribution in [-0.2, 0) is 14.8 Å². The lowest BCUT2D eigenvalue weighted by atomic mass is 9.96. The van der Waals surface area contributed by atoms with Gasteiger partial charge >= 0.3 is 0 Å². The van der Waals surface area contributed by atoms with Gasteiger partial charge in [-0.25, -0.2) is 18.1 Å². The number of carbonyl (C=O) groups is 1. The van der Waals surface area contributed by atoms with Crippen LogP contribution in [0.3, 0.4) is 0 Å². The summed E-state index contributed by atoms with van der Waals surface area (Å²) in [7, 11) is -4.01. The molecule has 1 amide bonds. The maximum absolute atomic E-state index is 12.3. The molecule has 0 atom stereocenters. The number of ether oxygens (including phenoxy) is 1. The smallest absolute Gasteiger partial charge is 0.269 e. The van der Waals surface area contributed by atoms with Crippen LogP contribution in [0.2, 0.25) is 0 Å².